The Hall–Kier alpha value is -0.450. The Morgan fingerprint density at radius 2 is 2.50 bits per heavy atom. The Labute approximate surface area is 35.9 Å². The van der Waals surface area contributed by atoms with Crippen LogP contribution in [0.15, 0.2) is 0 Å². The predicted molar refractivity (Wildman–Crippen MR) is 21.1 cm³/mol. The van der Waals surface area contributed by atoms with E-state index in [1.807, 2.05) is 0 Å². The summed E-state index contributed by atoms with van der Waals surface area (Å²) in [7, 11) is -2.87. The molecule has 0 radical (unpaired) electrons. The zero-order valence-electron chi connectivity index (χ0n) is 2.84. The van der Waals surface area contributed by atoms with Gasteiger partial charge in [0.15, 0.2) is 0 Å². The van der Waals surface area contributed by atoms with E-state index in [1.54, 1.807) is 6.11 Å². The smallest absolute Gasteiger partial charge is 0.373 e. The topological polar surface area (TPSA) is 46.5 Å². The molecular weight excluding hydrogens is 103 g/mol. The predicted octanol–water partition coefficient (Wildman–Crippen LogP) is -0.0243. The molecular formula is C2H3O3P. The molecule has 0 fully saturated rings. The van der Waals surface area contributed by atoms with Gasteiger partial charge in [0, 0.05) is 0 Å². The standard InChI is InChI=1S/C2H3O3P/c1-2-5-6(3)4/h1,6H,(H,3,4). The maximum absolute atomic E-state index is 9.42. The molecule has 1 N–H and O–H groups in total. The fourth-order valence-electron chi connectivity index (χ4n) is 0.0504. The minimum atomic E-state index is -2.87. The van der Waals surface area contributed by atoms with Crippen LogP contribution < -0.4 is 0 Å². The van der Waals surface area contributed by atoms with Gasteiger partial charge in [0.2, 0.25) is 0 Å². The molecule has 0 aliphatic heterocycles. The third-order valence-electron chi connectivity index (χ3n) is 0.146. The summed E-state index contributed by atoms with van der Waals surface area (Å²) >= 11 is 0. The first-order valence-electron chi connectivity index (χ1n) is 1.12. The molecule has 0 spiro atoms. The maximum atomic E-state index is 9.42. The van der Waals surface area contributed by atoms with Crippen molar-refractivity contribution in [3.8, 4) is 12.5 Å². The van der Waals surface area contributed by atoms with Gasteiger partial charge < -0.3 is 9.42 Å². The highest BCUT2D eigenvalue weighted by atomic mass is 31.1. The molecule has 0 bridgehead atoms. The van der Waals surface area contributed by atoms with Crippen molar-refractivity contribution in [2.24, 2.45) is 0 Å². The molecule has 1 atom stereocenters. The highest BCUT2D eigenvalue weighted by molar-refractivity contribution is 7.32. The quantitative estimate of drug-likeness (QED) is 0.377. The minimum absolute atomic E-state index is 1.55. The largest absolute Gasteiger partial charge is 0.373 e. The molecule has 6 heavy (non-hydrogen) atoms. The molecule has 0 aliphatic carbocycles. The van der Waals surface area contributed by atoms with E-state index in [9.17, 15) is 4.57 Å². The van der Waals surface area contributed by atoms with Crippen molar-refractivity contribution >= 4 is 8.25 Å². The monoisotopic (exact) mass is 106 g/mol. The van der Waals surface area contributed by atoms with Crippen molar-refractivity contribution in [2.75, 3.05) is 0 Å². The van der Waals surface area contributed by atoms with E-state index in [2.05, 4.69) is 10.9 Å². The van der Waals surface area contributed by atoms with Crippen LogP contribution in [0.1, 0.15) is 0 Å². The lowest BCUT2D eigenvalue weighted by Crippen LogP contribution is -1.57. The van der Waals surface area contributed by atoms with Crippen molar-refractivity contribution in [2.45, 2.75) is 0 Å². The van der Waals surface area contributed by atoms with E-state index in [0.717, 1.165) is 0 Å². The number of hydrogen-bond acceptors (Lipinski definition) is 2. The van der Waals surface area contributed by atoms with Crippen molar-refractivity contribution in [1.29, 1.82) is 0 Å². The summed E-state index contributed by atoms with van der Waals surface area (Å²) in [4.78, 5) is 7.73. The van der Waals surface area contributed by atoms with Crippen molar-refractivity contribution in [3.63, 3.8) is 0 Å². The van der Waals surface area contributed by atoms with Gasteiger partial charge in [-0.2, -0.15) is 0 Å². The van der Waals surface area contributed by atoms with Gasteiger partial charge in [0.25, 0.3) is 0 Å². The summed E-state index contributed by atoms with van der Waals surface area (Å²) in [5.74, 6) is 0. The molecule has 34 valence electrons. The van der Waals surface area contributed by atoms with Crippen molar-refractivity contribution < 1.29 is 14.0 Å². The zero-order chi connectivity index (χ0) is 4.99. The first-order chi connectivity index (χ1) is 2.77. The van der Waals surface area contributed by atoms with E-state index >= 15 is 0 Å². The van der Waals surface area contributed by atoms with E-state index in [-0.39, 0.29) is 0 Å². The molecule has 0 amide bonds. The third-order valence-corrected chi connectivity index (χ3v) is 0.439. The molecule has 0 saturated carbocycles. The van der Waals surface area contributed by atoms with Gasteiger partial charge in [0.1, 0.15) is 6.11 Å². The van der Waals surface area contributed by atoms with Gasteiger partial charge in [-0.1, -0.05) is 6.42 Å². The number of terminal acetylenes is 1. The second-order valence-corrected chi connectivity index (χ2v) is 1.22. The van der Waals surface area contributed by atoms with Gasteiger partial charge >= 0.3 is 8.25 Å². The van der Waals surface area contributed by atoms with Crippen LogP contribution in [0, 0.1) is 12.5 Å². The summed E-state index contributed by atoms with van der Waals surface area (Å²) in [6.07, 6.45) is 5.97. The second kappa shape index (κ2) is 2.77. The van der Waals surface area contributed by atoms with Gasteiger partial charge in [-0.05, 0) is 0 Å². The van der Waals surface area contributed by atoms with Gasteiger partial charge in [-0.3, -0.25) is 0 Å². The first-order valence-corrected chi connectivity index (χ1v) is 2.39. The van der Waals surface area contributed by atoms with E-state index in [4.69, 9.17) is 4.89 Å². The molecule has 0 aromatic rings. The second-order valence-electron chi connectivity index (χ2n) is 0.486. The van der Waals surface area contributed by atoms with Crippen LogP contribution in [0.4, 0.5) is 0 Å². The normalized spacial score (nSPS) is 12.0. The molecule has 0 aliphatic rings. The summed E-state index contributed by atoms with van der Waals surface area (Å²) in [5, 5.41) is 0. The van der Waals surface area contributed by atoms with E-state index < -0.39 is 8.25 Å². The highest BCUT2D eigenvalue weighted by Gasteiger charge is 1.78. The van der Waals surface area contributed by atoms with Crippen LogP contribution in [0.2, 0.25) is 0 Å². The lowest BCUT2D eigenvalue weighted by Gasteiger charge is -1.80. The minimum Gasteiger partial charge on any atom is -0.373 e. The zero-order valence-corrected chi connectivity index (χ0v) is 3.84. The lowest BCUT2D eigenvalue weighted by atomic mass is 11.3. The van der Waals surface area contributed by atoms with E-state index in [1.165, 1.54) is 0 Å². The van der Waals surface area contributed by atoms with Crippen LogP contribution in [-0.4, -0.2) is 4.89 Å². The Morgan fingerprint density at radius 1 is 2.00 bits per heavy atom. The van der Waals surface area contributed by atoms with Gasteiger partial charge in [-0.25, -0.2) is 4.57 Å². The molecule has 0 saturated heterocycles. The fourth-order valence-corrected chi connectivity index (χ4v) is 0.151. The van der Waals surface area contributed by atoms with Crippen LogP contribution in [0.3, 0.4) is 0 Å². The van der Waals surface area contributed by atoms with Crippen LogP contribution in [0.5, 0.6) is 0 Å². The highest BCUT2D eigenvalue weighted by Crippen LogP contribution is 2.11. The Morgan fingerprint density at radius 3 is 2.50 bits per heavy atom. The van der Waals surface area contributed by atoms with Crippen LogP contribution >= 0.6 is 8.25 Å². The molecule has 1 unspecified atom stereocenters. The molecule has 0 aromatic carbocycles. The molecule has 0 rings (SSSR count). The Kier molecular flexibility index (Phi) is 2.56. The summed E-state index contributed by atoms with van der Waals surface area (Å²) in [6, 6.07) is 0. The SMILES string of the molecule is C#CO[PH](=O)O. The molecule has 0 aromatic heterocycles. The van der Waals surface area contributed by atoms with Crippen LogP contribution in [0.25, 0.3) is 0 Å². The van der Waals surface area contributed by atoms with Crippen molar-refractivity contribution in [3.05, 3.63) is 0 Å². The van der Waals surface area contributed by atoms with Crippen molar-refractivity contribution in [1.82, 2.24) is 0 Å². The maximum Gasteiger partial charge on any atom is 0.373 e. The Balaban J connectivity index is 3.13. The third kappa shape index (κ3) is 3.55. The summed E-state index contributed by atoms with van der Waals surface area (Å²) in [6.45, 7) is 0. The average molecular weight is 106 g/mol. The van der Waals surface area contributed by atoms with E-state index in [0.29, 0.717) is 0 Å². The average Bonchev–Trinajstić information content (AvgIpc) is 1.35. The fraction of sp³-hybridized carbons (Fsp3) is 0. The first kappa shape index (κ1) is 5.55. The number of hydrogen-bond donors (Lipinski definition) is 1. The Bertz CT molecular complexity index is 91.5. The summed E-state index contributed by atoms with van der Waals surface area (Å²) < 4.78 is 13.1. The van der Waals surface area contributed by atoms with Crippen LogP contribution in [-0.2, 0) is 9.09 Å². The van der Waals surface area contributed by atoms with Gasteiger partial charge in [0.05, 0.1) is 0 Å². The lowest BCUT2D eigenvalue weighted by molar-refractivity contribution is 0.394. The molecule has 3 nitrogen and oxygen atoms in total. The summed E-state index contributed by atoms with van der Waals surface area (Å²) in [5.41, 5.74) is 0. The molecule has 0 heterocycles. The molecule has 4 heteroatoms. The van der Waals surface area contributed by atoms with Gasteiger partial charge in [-0.15, -0.1) is 0 Å². The number of rotatable bonds is 1.